The first-order valence-corrected chi connectivity index (χ1v) is 10.1. The maximum atomic E-state index is 12.9. The molecule has 2 aromatic rings. The van der Waals surface area contributed by atoms with Crippen molar-refractivity contribution < 1.29 is 17.9 Å². The van der Waals surface area contributed by atoms with E-state index in [1.54, 1.807) is 49.4 Å². The molecule has 0 bridgehead atoms. The van der Waals surface area contributed by atoms with Crippen molar-refractivity contribution in [2.45, 2.75) is 26.3 Å². The number of rotatable bonds is 7. The Morgan fingerprint density at radius 1 is 1.19 bits per heavy atom. The Balaban J connectivity index is 2.40. The van der Waals surface area contributed by atoms with Crippen LogP contribution in [0.25, 0.3) is 0 Å². The Morgan fingerprint density at radius 2 is 1.88 bits per heavy atom. The van der Waals surface area contributed by atoms with Gasteiger partial charge in [-0.05, 0) is 43.2 Å². The molecule has 2 aromatic carbocycles. The molecular formula is C19H24N2O4S. The summed E-state index contributed by atoms with van der Waals surface area (Å²) in [5, 5.41) is 2.78. The van der Waals surface area contributed by atoms with Gasteiger partial charge in [0.15, 0.2) is 0 Å². The predicted molar refractivity (Wildman–Crippen MR) is 104 cm³/mol. The minimum atomic E-state index is -3.66. The molecule has 6 nitrogen and oxygen atoms in total. The highest BCUT2D eigenvalue weighted by molar-refractivity contribution is 7.92. The molecule has 0 unspecified atom stereocenters. The van der Waals surface area contributed by atoms with Crippen LogP contribution in [0.15, 0.2) is 48.5 Å². The zero-order valence-corrected chi connectivity index (χ0v) is 16.2. The number of amides is 1. The smallest absolute Gasteiger partial charge is 0.248 e. The van der Waals surface area contributed by atoms with Crippen LogP contribution in [0.1, 0.15) is 18.9 Å². The molecule has 26 heavy (non-hydrogen) atoms. The molecule has 0 heterocycles. The van der Waals surface area contributed by atoms with E-state index in [0.717, 1.165) is 11.8 Å². The highest BCUT2D eigenvalue weighted by Crippen LogP contribution is 2.27. The molecule has 0 aromatic heterocycles. The van der Waals surface area contributed by atoms with Crippen LogP contribution in [-0.4, -0.2) is 33.7 Å². The summed E-state index contributed by atoms with van der Waals surface area (Å²) in [6.07, 6.45) is 1.43. The summed E-state index contributed by atoms with van der Waals surface area (Å²) < 4.78 is 31.3. The van der Waals surface area contributed by atoms with Crippen LogP contribution < -0.4 is 14.4 Å². The number of para-hydroxylation sites is 2. The molecular weight excluding hydrogens is 352 g/mol. The van der Waals surface area contributed by atoms with Gasteiger partial charge in [-0.1, -0.05) is 31.2 Å². The first kappa shape index (κ1) is 19.8. The van der Waals surface area contributed by atoms with Crippen molar-refractivity contribution in [2.24, 2.45) is 0 Å². The van der Waals surface area contributed by atoms with Crippen molar-refractivity contribution in [3.63, 3.8) is 0 Å². The quantitative estimate of drug-likeness (QED) is 0.805. The van der Waals surface area contributed by atoms with E-state index in [9.17, 15) is 13.2 Å². The molecule has 0 saturated heterocycles. The average molecular weight is 376 g/mol. The Hall–Kier alpha value is -2.54. The summed E-state index contributed by atoms with van der Waals surface area (Å²) >= 11 is 0. The summed E-state index contributed by atoms with van der Waals surface area (Å²) in [5.41, 5.74) is 1.88. The summed E-state index contributed by atoms with van der Waals surface area (Å²) in [6.45, 7) is 3.65. The number of aryl methyl sites for hydroxylation is 1. The van der Waals surface area contributed by atoms with Gasteiger partial charge in [0.2, 0.25) is 15.9 Å². The zero-order chi connectivity index (χ0) is 19.3. The number of nitrogens with zero attached hydrogens (tertiary/aromatic N) is 1. The molecule has 2 rings (SSSR count). The molecule has 0 spiro atoms. The molecule has 7 heteroatoms. The number of ether oxygens (including phenoxy) is 1. The van der Waals surface area contributed by atoms with Crippen LogP contribution in [-0.2, 0) is 14.8 Å². The lowest BCUT2D eigenvalue weighted by Gasteiger charge is -2.30. The van der Waals surface area contributed by atoms with Crippen molar-refractivity contribution in [2.75, 3.05) is 23.0 Å². The molecule has 0 aliphatic rings. The van der Waals surface area contributed by atoms with E-state index in [1.165, 1.54) is 11.4 Å². The SMILES string of the molecule is CC[C@H](C(=O)Nc1ccccc1OC)N(c1cccc(C)c1)S(C)(=O)=O. The lowest BCUT2D eigenvalue weighted by molar-refractivity contribution is -0.117. The number of hydrogen-bond acceptors (Lipinski definition) is 4. The van der Waals surface area contributed by atoms with Crippen LogP contribution >= 0.6 is 0 Å². The van der Waals surface area contributed by atoms with E-state index in [1.807, 2.05) is 13.0 Å². The number of benzene rings is 2. The molecule has 0 aliphatic carbocycles. The molecule has 0 aliphatic heterocycles. The molecule has 0 fully saturated rings. The predicted octanol–water partition coefficient (Wildman–Crippen LogP) is 3.19. The van der Waals surface area contributed by atoms with Crippen LogP contribution in [0.4, 0.5) is 11.4 Å². The van der Waals surface area contributed by atoms with E-state index < -0.39 is 22.0 Å². The van der Waals surface area contributed by atoms with Gasteiger partial charge in [0, 0.05) is 0 Å². The monoisotopic (exact) mass is 376 g/mol. The minimum Gasteiger partial charge on any atom is -0.495 e. The zero-order valence-electron chi connectivity index (χ0n) is 15.4. The molecule has 1 amide bonds. The van der Waals surface area contributed by atoms with E-state index in [0.29, 0.717) is 23.5 Å². The fraction of sp³-hybridized carbons (Fsp3) is 0.316. The third kappa shape index (κ3) is 4.54. The van der Waals surface area contributed by atoms with Crippen LogP contribution in [0.2, 0.25) is 0 Å². The van der Waals surface area contributed by atoms with Gasteiger partial charge in [0.1, 0.15) is 11.8 Å². The lowest BCUT2D eigenvalue weighted by Crippen LogP contribution is -2.47. The number of methoxy groups -OCH3 is 1. The first-order chi connectivity index (χ1) is 12.3. The number of carbonyl (C=O) groups excluding carboxylic acids is 1. The van der Waals surface area contributed by atoms with Crippen molar-refractivity contribution in [3.8, 4) is 5.75 Å². The van der Waals surface area contributed by atoms with Gasteiger partial charge in [0.05, 0.1) is 24.7 Å². The van der Waals surface area contributed by atoms with Gasteiger partial charge in [-0.3, -0.25) is 9.10 Å². The number of nitrogens with one attached hydrogen (secondary N) is 1. The Kier molecular flexibility index (Phi) is 6.26. The Labute approximate surface area is 154 Å². The van der Waals surface area contributed by atoms with Crippen LogP contribution in [0.5, 0.6) is 5.75 Å². The van der Waals surface area contributed by atoms with Crippen LogP contribution in [0.3, 0.4) is 0 Å². The number of hydrogen-bond donors (Lipinski definition) is 1. The van der Waals surface area contributed by atoms with Gasteiger partial charge >= 0.3 is 0 Å². The van der Waals surface area contributed by atoms with Gasteiger partial charge in [-0.2, -0.15) is 0 Å². The van der Waals surface area contributed by atoms with E-state index in [-0.39, 0.29) is 0 Å². The standard InChI is InChI=1S/C19H24N2O4S/c1-5-17(19(22)20-16-11-6-7-12-18(16)25-3)21(26(4,23)24)15-10-8-9-14(2)13-15/h6-13,17H,5H2,1-4H3,(H,20,22)/t17-/m1/s1. The molecule has 0 radical (unpaired) electrons. The highest BCUT2D eigenvalue weighted by atomic mass is 32.2. The maximum Gasteiger partial charge on any atom is 0.248 e. The first-order valence-electron chi connectivity index (χ1n) is 8.28. The lowest BCUT2D eigenvalue weighted by atomic mass is 10.1. The second-order valence-corrected chi connectivity index (χ2v) is 7.87. The van der Waals surface area contributed by atoms with E-state index >= 15 is 0 Å². The topological polar surface area (TPSA) is 75.7 Å². The third-order valence-corrected chi connectivity index (χ3v) is 5.13. The molecule has 1 N–H and O–H groups in total. The van der Waals surface area contributed by atoms with Gasteiger partial charge in [0.25, 0.3) is 0 Å². The summed E-state index contributed by atoms with van der Waals surface area (Å²) in [7, 11) is -2.15. The molecule has 0 saturated carbocycles. The average Bonchev–Trinajstić information content (AvgIpc) is 2.58. The van der Waals surface area contributed by atoms with Gasteiger partial charge in [-0.15, -0.1) is 0 Å². The molecule has 1 atom stereocenters. The van der Waals surface area contributed by atoms with Crippen molar-refractivity contribution in [1.82, 2.24) is 0 Å². The Morgan fingerprint density at radius 3 is 2.46 bits per heavy atom. The van der Waals surface area contributed by atoms with Gasteiger partial charge in [-0.25, -0.2) is 8.42 Å². The van der Waals surface area contributed by atoms with E-state index in [4.69, 9.17) is 4.74 Å². The highest BCUT2D eigenvalue weighted by Gasteiger charge is 2.31. The summed E-state index contributed by atoms with van der Waals surface area (Å²) in [5.74, 6) is 0.0982. The maximum absolute atomic E-state index is 12.9. The number of carbonyl (C=O) groups is 1. The van der Waals surface area contributed by atoms with E-state index in [2.05, 4.69) is 5.32 Å². The van der Waals surface area contributed by atoms with Gasteiger partial charge < -0.3 is 10.1 Å². The number of anilines is 2. The van der Waals surface area contributed by atoms with Crippen molar-refractivity contribution in [3.05, 3.63) is 54.1 Å². The fourth-order valence-electron chi connectivity index (χ4n) is 2.79. The third-order valence-electron chi connectivity index (χ3n) is 3.95. The van der Waals surface area contributed by atoms with Crippen molar-refractivity contribution in [1.29, 1.82) is 0 Å². The fourth-order valence-corrected chi connectivity index (χ4v) is 3.99. The Bertz CT molecular complexity index is 881. The van der Waals surface area contributed by atoms with Crippen LogP contribution in [0, 0.1) is 6.92 Å². The summed E-state index contributed by atoms with van der Waals surface area (Å²) in [4.78, 5) is 12.9. The summed E-state index contributed by atoms with van der Waals surface area (Å²) in [6, 6.07) is 13.2. The minimum absolute atomic E-state index is 0.321. The largest absolute Gasteiger partial charge is 0.495 e. The van der Waals surface area contributed by atoms with Crippen molar-refractivity contribution >= 4 is 27.3 Å². The second kappa shape index (κ2) is 8.23. The second-order valence-electron chi connectivity index (χ2n) is 6.01. The molecule has 140 valence electrons. The number of sulfonamides is 1. The normalized spacial score (nSPS) is 12.3.